The Hall–Kier alpha value is -0.550. The fourth-order valence-corrected chi connectivity index (χ4v) is 1.75. The van der Waals surface area contributed by atoms with Gasteiger partial charge in [0.15, 0.2) is 9.66 Å². The van der Waals surface area contributed by atoms with E-state index in [0.717, 1.165) is 9.66 Å². The van der Waals surface area contributed by atoms with Crippen molar-refractivity contribution in [3.8, 4) is 0 Å². The topological polar surface area (TPSA) is 38.7 Å². The number of thiazole rings is 1. The largest absolute Gasteiger partial charge is 0.230 e. The van der Waals surface area contributed by atoms with Crippen molar-refractivity contribution in [1.29, 1.82) is 0 Å². The number of hydrogen-bond donors (Lipinski definition) is 0. The molecule has 3 nitrogen and oxygen atoms in total. The second-order valence-corrected chi connectivity index (χ2v) is 2.80. The monoisotopic (exact) mass is 143 g/mol. The highest BCUT2D eigenvalue weighted by molar-refractivity contribution is 7.22. The molecule has 0 atom stereocenters. The van der Waals surface area contributed by atoms with Crippen molar-refractivity contribution in [2.75, 3.05) is 0 Å². The highest BCUT2D eigenvalue weighted by Gasteiger charge is 1.96. The van der Waals surface area contributed by atoms with Crippen LogP contribution in [-0.4, -0.2) is 14.6 Å². The summed E-state index contributed by atoms with van der Waals surface area (Å²) in [6.45, 7) is 0. The number of fused-ring (bicyclic) bond motifs is 1. The van der Waals surface area contributed by atoms with Crippen LogP contribution in [0.2, 0.25) is 0 Å². The molecule has 0 bridgehead atoms. The van der Waals surface area contributed by atoms with Crippen LogP contribution in [0.5, 0.6) is 0 Å². The van der Waals surface area contributed by atoms with E-state index in [0.29, 0.717) is 0 Å². The highest BCUT2D eigenvalue weighted by Crippen LogP contribution is 2.16. The first-order valence-corrected chi connectivity index (χ1v) is 3.63. The van der Waals surface area contributed by atoms with Crippen LogP contribution >= 0.6 is 22.9 Å². The lowest BCUT2D eigenvalue weighted by Gasteiger charge is -1.56. The summed E-state index contributed by atoms with van der Waals surface area (Å²) in [5.41, 5.74) is 1.77. The average Bonchev–Trinajstić information content (AvgIpc) is 2.15. The lowest BCUT2D eigenvalue weighted by molar-refractivity contribution is 1.21. The van der Waals surface area contributed by atoms with Gasteiger partial charge in [-0.15, -0.1) is 5.10 Å². The maximum absolute atomic E-state index is 3.99. The van der Waals surface area contributed by atoms with E-state index in [9.17, 15) is 0 Å². The van der Waals surface area contributed by atoms with Crippen molar-refractivity contribution >= 4 is 32.5 Å². The van der Waals surface area contributed by atoms with E-state index in [1.54, 1.807) is 5.51 Å². The van der Waals surface area contributed by atoms with Gasteiger partial charge < -0.3 is 0 Å². The smallest absolute Gasteiger partial charge is 0.178 e. The van der Waals surface area contributed by atoms with E-state index in [1.807, 2.05) is 0 Å². The maximum Gasteiger partial charge on any atom is 0.178 e. The minimum Gasteiger partial charge on any atom is -0.230 e. The van der Waals surface area contributed by atoms with Gasteiger partial charge in [0.2, 0.25) is 0 Å². The van der Waals surface area contributed by atoms with Gasteiger partial charge in [0.05, 0.1) is 5.51 Å². The fourth-order valence-electron chi connectivity index (χ4n) is 0.455. The standard InChI is InChI=1S/C3HN3S2/c1-4-2-3(7-1)5-6-8-2/h1H. The Kier molecular flexibility index (Phi) is 0.793. The minimum absolute atomic E-state index is 0.940. The molecule has 0 aliphatic rings. The number of nitrogens with zero attached hydrogens (tertiary/aromatic N) is 3. The van der Waals surface area contributed by atoms with Crippen LogP contribution in [-0.2, 0) is 0 Å². The summed E-state index contributed by atoms with van der Waals surface area (Å²) in [4.78, 5) is 5.87. The van der Waals surface area contributed by atoms with E-state index in [2.05, 4.69) is 14.6 Å². The molecule has 0 fully saturated rings. The molecule has 0 saturated heterocycles. The molecule has 0 unspecified atom stereocenters. The summed E-state index contributed by atoms with van der Waals surface area (Å²) >= 11 is 2.85. The Bertz CT molecular complexity index is 234. The quantitative estimate of drug-likeness (QED) is 0.555. The van der Waals surface area contributed by atoms with Crippen molar-refractivity contribution in [3.05, 3.63) is 5.51 Å². The van der Waals surface area contributed by atoms with Crippen molar-refractivity contribution in [1.82, 2.24) is 14.6 Å². The third-order valence-electron chi connectivity index (χ3n) is 0.776. The highest BCUT2D eigenvalue weighted by atomic mass is 32.1. The van der Waals surface area contributed by atoms with Crippen molar-refractivity contribution in [2.45, 2.75) is 0 Å². The predicted octanol–water partition coefficient (Wildman–Crippen LogP) is 1.15. The summed E-state index contributed by atoms with van der Waals surface area (Å²) < 4.78 is 3.70. The van der Waals surface area contributed by atoms with Gasteiger partial charge in [-0.25, -0.2) is 4.98 Å². The van der Waals surface area contributed by atoms with E-state index in [-0.39, 0.29) is 0 Å². The molecule has 5 heteroatoms. The number of hydrogen-bond acceptors (Lipinski definition) is 5. The first kappa shape index (κ1) is 4.34. The van der Waals surface area contributed by atoms with Gasteiger partial charge in [0, 0.05) is 11.5 Å². The molecule has 0 spiro atoms. The third kappa shape index (κ3) is 0.452. The van der Waals surface area contributed by atoms with Gasteiger partial charge in [0.25, 0.3) is 0 Å². The van der Waals surface area contributed by atoms with Crippen LogP contribution in [0.1, 0.15) is 0 Å². The Morgan fingerprint density at radius 2 is 2.38 bits per heavy atom. The van der Waals surface area contributed by atoms with E-state index < -0.39 is 0 Å². The Balaban J connectivity index is 3.06. The lowest BCUT2D eigenvalue weighted by atomic mass is 10.9. The second-order valence-electron chi connectivity index (χ2n) is 1.24. The van der Waals surface area contributed by atoms with Crippen LogP contribution in [0, 0.1) is 0 Å². The zero-order valence-electron chi connectivity index (χ0n) is 3.74. The zero-order chi connectivity index (χ0) is 5.40. The summed E-state index contributed by atoms with van der Waals surface area (Å²) in [6, 6.07) is 0. The van der Waals surface area contributed by atoms with Crippen LogP contribution < -0.4 is 0 Å². The molecule has 0 aliphatic heterocycles. The molecule has 2 heterocycles. The van der Waals surface area contributed by atoms with E-state index >= 15 is 0 Å². The summed E-state index contributed by atoms with van der Waals surface area (Å²) in [6.07, 6.45) is 0. The van der Waals surface area contributed by atoms with Gasteiger partial charge >= 0.3 is 0 Å². The van der Waals surface area contributed by atoms with Gasteiger partial charge in [-0.05, 0) is 0 Å². The van der Waals surface area contributed by atoms with Crippen molar-refractivity contribution in [3.63, 3.8) is 0 Å². The second kappa shape index (κ2) is 1.46. The molecule has 0 saturated carbocycles. The van der Waals surface area contributed by atoms with E-state index in [4.69, 9.17) is 0 Å². The van der Waals surface area contributed by atoms with Crippen LogP contribution in [0.25, 0.3) is 9.66 Å². The maximum atomic E-state index is 3.99. The normalized spacial score (nSPS) is 10.5. The van der Waals surface area contributed by atoms with Gasteiger partial charge in [-0.3, -0.25) is 0 Å². The van der Waals surface area contributed by atoms with Gasteiger partial charge in [-0.2, -0.15) is 0 Å². The molecule has 2 aromatic heterocycles. The fraction of sp³-hybridized carbons (Fsp3) is 0. The number of rotatable bonds is 0. The summed E-state index contributed by atoms with van der Waals surface area (Å²) in [5.74, 6) is 0. The molecule has 0 amide bonds. The number of aromatic nitrogens is 3. The van der Waals surface area contributed by atoms with E-state index in [1.165, 1.54) is 22.9 Å². The molecule has 0 radical (unpaired) electrons. The van der Waals surface area contributed by atoms with Crippen LogP contribution in [0.15, 0.2) is 5.51 Å². The van der Waals surface area contributed by atoms with Gasteiger partial charge in [0.1, 0.15) is 0 Å². The van der Waals surface area contributed by atoms with Gasteiger partial charge in [-0.1, -0.05) is 15.8 Å². The molecule has 0 aromatic carbocycles. The minimum atomic E-state index is 0.940. The van der Waals surface area contributed by atoms with Crippen LogP contribution in [0.4, 0.5) is 0 Å². The molecular formula is C3HN3S2. The SMILES string of the molecule is c1nc2snnc2s1. The Morgan fingerprint density at radius 3 is 3.25 bits per heavy atom. The summed E-state index contributed by atoms with van der Waals surface area (Å²) in [5, 5.41) is 3.80. The molecule has 0 aliphatic carbocycles. The predicted molar refractivity (Wildman–Crippen MR) is 33.1 cm³/mol. The molecule has 40 valence electrons. The van der Waals surface area contributed by atoms with Crippen molar-refractivity contribution in [2.24, 2.45) is 0 Å². The molecular weight excluding hydrogens is 142 g/mol. The summed E-state index contributed by atoms with van der Waals surface area (Å²) in [7, 11) is 0. The first-order chi connectivity index (χ1) is 3.97. The molecule has 0 N–H and O–H groups in total. The molecule has 2 rings (SSSR count). The average molecular weight is 143 g/mol. The Morgan fingerprint density at radius 1 is 1.38 bits per heavy atom. The molecule has 8 heavy (non-hydrogen) atoms. The zero-order valence-corrected chi connectivity index (χ0v) is 5.37. The first-order valence-electron chi connectivity index (χ1n) is 1.98. The third-order valence-corrected chi connectivity index (χ3v) is 2.25. The lowest BCUT2D eigenvalue weighted by Crippen LogP contribution is -1.55. The van der Waals surface area contributed by atoms with Crippen molar-refractivity contribution < 1.29 is 0 Å². The van der Waals surface area contributed by atoms with Crippen LogP contribution in [0.3, 0.4) is 0 Å². The Labute approximate surface area is 53.2 Å². The molecule has 2 aromatic rings.